The molecule has 2 aromatic carbocycles. The van der Waals surface area contributed by atoms with E-state index in [-0.39, 0.29) is 34.6 Å². The van der Waals surface area contributed by atoms with E-state index in [1.807, 2.05) is 30.0 Å². The van der Waals surface area contributed by atoms with Crippen LogP contribution in [0.1, 0.15) is 12.5 Å². The van der Waals surface area contributed by atoms with Gasteiger partial charge in [-0.05, 0) is 43.2 Å². The minimum Gasteiger partial charge on any atom is -0.411 e. The summed E-state index contributed by atoms with van der Waals surface area (Å²) in [4.78, 5) is 14.5. The third kappa shape index (κ3) is 3.22. The first kappa shape index (κ1) is 16.8. The molecule has 0 unspecified atom stereocenters. The van der Waals surface area contributed by atoms with Crippen LogP contribution in [0, 0.1) is 5.82 Å². The molecule has 0 aliphatic carbocycles. The van der Waals surface area contributed by atoms with E-state index < -0.39 is 0 Å². The van der Waals surface area contributed by atoms with Crippen molar-refractivity contribution >= 4 is 23.4 Å². The van der Waals surface area contributed by atoms with Crippen LogP contribution in [0.5, 0.6) is 0 Å². The molecule has 26 heavy (non-hydrogen) atoms. The van der Waals surface area contributed by atoms with E-state index in [0.29, 0.717) is 5.56 Å². The highest BCUT2D eigenvalue weighted by Gasteiger charge is 2.30. The lowest BCUT2D eigenvalue weighted by atomic mass is 10.1. The number of halogens is 1. The highest BCUT2D eigenvalue weighted by Crippen LogP contribution is 2.33. The Labute approximate surface area is 154 Å². The first-order chi connectivity index (χ1) is 12.6. The first-order valence-electron chi connectivity index (χ1n) is 8.24. The van der Waals surface area contributed by atoms with E-state index in [4.69, 9.17) is 4.42 Å². The molecule has 1 amide bonds. The number of benzene rings is 2. The molecule has 3 aromatic rings. The summed E-state index contributed by atoms with van der Waals surface area (Å²) in [7, 11) is 0. The number of hydrogen-bond donors (Lipinski definition) is 0. The van der Waals surface area contributed by atoms with Crippen molar-refractivity contribution in [3.05, 3.63) is 59.9 Å². The van der Waals surface area contributed by atoms with E-state index in [1.54, 1.807) is 12.1 Å². The van der Waals surface area contributed by atoms with Gasteiger partial charge in [-0.2, -0.15) is 0 Å². The van der Waals surface area contributed by atoms with Gasteiger partial charge in [-0.1, -0.05) is 36.0 Å². The molecule has 1 aromatic heterocycles. The minimum atomic E-state index is -0.369. The summed E-state index contributed by atoms with van der Waals surface area (Å²) in [6.45, 7) is 2.04. The number of fused-ring (bicyclic) bond motifs is 1. The van der Waals surface area contributed by atoms with Gasteiger partial charge in [-0.15, -0.1) is 10.2 Å². The number of rotatable bonds is 4. The second-order valence-electron chi connectivity index (χ2n) is 6.12. The fourth-order valence-electron chi connectivity index (χ4n) is 3.14. The predicted octanol–water partition coefficient (Wildman–Crippen LogP) is 3.95. The molecule has 7 heteroatoms. The number of nitrogens with zero attached hydrogens (tertiary/aromatic N) is 3. The Morgan fingerprint density at radius 1 is 1.27 bits per heavy atom. The summed E-state index contributed by atoms with van der Waals surface area (Å²) in [6.07, 6.45) is 0.858. The average Bonchev–Trinajstić information content (AvgIpc) is 3.23. The summed E-state index contributed by atoms with van der Waals surface area (Å²) >= 11 is 1.19. The maximum absolute atomic E-state index is 13.3. The zero-order valence-electron chi connectivity index (χ0n) is 14.1. The van der Waals surface area contributed by atoms with Crippen molar-refractivity contribution in [2.45, 2.75) is 24.6 Å². The molecule has 1 aliphatic heterocycles. The SMILES string of the molecule is C[C@@H]1Cc2ccccc2N1C(=O)CSc1nnc(-c2cccc(F)c2)o1. The molecule has 0 saturated carbocycles. The van der Waals surface area contributed by atoms with Gasteiger partial charge in [0.25, 0.3) is 5.22 Å². The Morgan fingerprint density at radius 3 is 2.96 bits per heavy atom. The molecular weight excluding hydrogens is 353 g/mol. The van der Waals surface area contributed by atoms with E-state index in [9.17, 15) is 9.18 Å². The second kappa shape index (κ2) is 6.92. The van der Waals surface area contributed by atoms with Crippen molar-refractivity contribution in [1.29, 1.82) is 0 Å². The molecule has 132 valence electrons. The number of anilines is 1. The largest absolute Gasteiger partial charge is 0.411 e. The maximum atomic E-state index is 13.3. The number of amides is 1. The number of thioether (sulfide) groups is 1. The van der Waals surface area contributed by atoms with Crippen LogP contribution in [-0.2, 0) is 11.2 Å². The Morgan fingerprint density at radius 2 is 2.12 bits per heavy atom. The molecule has 1 atom stereocenters. The van der Waals surface area contributed by atoms with Gasteiger partial charge in [0, 0.05) is 17.3 Å². The van der Waals surface area contributed by atoms with Gasteiger partial charge in [0.05, 0.1) is 5.75 Å². The monoisotopic (exact) mass is 369 g/mol. The Hall–Kier alpha value is -2.67. The summed E-state index contributed by atoms with van der Waals surface area (Å²) in [5.41, 5.74) is 2.67. The van der Waals surface area contributed by atoms with Crippen molar-refractivity contribution in [2.75, 3.05) is 10.7 Å². The standard InChI is InChI=1S/C19H16FN3O2S/c1-12-9-13-5-2-3-8-16(13)23(12)17(24)11-26-19-22-21-18(25-19)14-6-4-7-15(20)10-14/h2-8,10,12H,9,11H2,1H3/t12-/m1/s1. The van der Waals surface area contributed by atoms with Gasteiger partial charge < -0.3 is 9.32 Å². The predicted molar refractivity (Wildman–Crippen MR) is 97.5 cm³/mol. The van der Waals surface area contributed by atoms with Crippen LogP contribution in [0.15, 0.2) is 58.2 Å². The third-order valence-corrected chi connectivity index (χ3v) is 5.08. The normalized spacial score (nSPS) is 15.9. The summed E-state index contributed by atoms with van der Waals surface area (Å²) < 4.78 is 18.8. The van der Waals surface area contributed by atoms with Crippen LogP contribution in [0.2, 0.25) is 0 Å². The zero-order chi connectivity index (χ0) is 18.1. The second-order valence-corrected chi connectivity index (χ2v) is 7.04. The van der Waals surface area contributed by atoms with Gasteiger partial charge >= 0.3 is 0 Å². The summed E-state index contributed by atoms with van der Waals surface area (Å²) in [5, 5.41) is 8.15. The van der Waals surface area contributed by atoms with Crippen LogP contribution < -0.4 is 4.90 Å². The first-order valence-corrected chi connectivity index (χ1v) is 9.22. The molecule has 4 rings (SSSR count). The third-order valence-electron chi connectivity index (χ3n) is 4.27. The van der Waals surface area contributed by atoms with Crippen LogP contribution in [0.4, 0.5) is 10.1 Å². The van der Waals surface area contributed by atoms with E-state index in [1.165, 1.54) is 29.5 Å². The quantitative estimate of drug-likeness (QED) is 0.652. The molecule has 0 spiro atoms. The van der Waals surface area contributed by atoms with E-state index >= 15 is 0 Å². The van der Waals surface area contributed by atoms with Gasteiger partial charge in [0.2, 0.25) is 11.8 Å². The fourth-order valence-corrected chi connectivity index (χ4v) is 3.77. The van der Waals surface area contributed by atoms with Crippen molar-refractivity contribution in [3.63, 3.8) is 0 Å². The molecule has 2 heterocycles. The highest BCUT2D eigenvalue weighted by molar-refractivity contribution is 7.99. The van der Waals surface area contributed by atoms with Gasteiger partial charge in [0.1, 0.15) is 5.82 Å². The number of hydrogen-bond acceptors (Lipinski definition) is 5. The van der Waals surface area contributed by atoms with E-state index in [2.05, 4.69) is 16.3 Å². The number of carbonyl (C=O) groups is 1. The topological polar surface area (TPSA) is 59.2 Å². The maximum Gasteiger partial charge on any atom is 0.277 e. The molecule has 0 bridgehead atoms. The van der Waals surface area contributed by atoms with Gasteiger partial charge in [-0.25, -0.2) is 4.39 Å². The highest BCUT2D eigenvalue weighted by atomic mass is 32.2. The number of carbonyl (C=O) groups excluding carboxylic acids is 1. The summed E-state index contributed by atoms with van der Waals surface area (Å²) in [6, 6.07) is 14.0. The smallest absolute Gasteiger partial charge is 0.277 e. The Balaban J connectivity index is 1.44. The van der Waals surface area contributed by atoms with Gasteiger partial charge in [0.15, 0.2) is 0 Å². The zero-order valence-corrected chi connectivity index (χ0v) is 14.9. The lowest BCUT2D eigenvalue weighted by Gasteiger charge is -2.22. The molecule has 0 saturated heterocycles. The van der Waals surface area contributed by atoms with E-state index in [0.717, 1.165) is 12.1 Å². The molecule has 0 N–H and O–H groups in total. The van der Waals surface area contributed by atoms with Crippen LogP contribution in [-0.4, -0.2) is 27.9 Å². The van der Waals surface area contributed by atoms with Crippen molar-refractivity contribution < 1.29 is 13.6 Å². The molecular formula is C19H16FN3O2S. The van der Waals surface area contributed by atoms with Crippen LogP contribution in [0.3, 0.4) is 0 Å². The fraction of sp³-hybridized carbons (Fsp3) is 0.211. The molecule has 0 radical (unpaired) electrons. The minimum absolute atomic E-state index is 0.00189. The van der Waals surface area contributed by atoms with Crippen LogP contribution >= 0.6 is 11.8 Å². The Bertz CT molecular complexity index is 959. The average molecular weight is 369 g/mol. The number of para-hydroxylation sites is 1. The van der Waals surface area contributed by atoms with Crippen molar-refractivity contribution in [3.8, 4) is 11.5 Å². The van der Waals surface area contributed by atoms with Crippen molar-refractivity contribution in [2.24, 2.45) is 0 Å². The van der Waals surface area contributed by atoms with Crippen LogP contribution in [0.25, 0.3) is 11.5 Å². The molecule has 1 aliphatic rings. The van der Waals surface area contributed by atoms with Gasteiger partial charge in [-0.3, -0.25) is 4.79 Å². The lowest BCUT2D eigenvalue weighted by Crippen LogP contribution is -2.36. The molecule has 5 nitrogen and oxygen atoms in total. The molecule has 0 fully saturated rings. The van der Waals surface area contributed by atoms with Crippen molar-refractivity contribution in [1.82, 2.24) is 10.2 Å². The lowest BCUT2D eigenvalue weighted by molar-refractivity contribution is -0.116. The summed E-state index contributed by atoms with van der Waals surface area (Å²) in [5.74, 6) is 0.0627. The number of aromatic nitrogens is 2. The Kier molecular flexibility index (Phi) is 4.46.